The average molecular weight is 419 g/mol. The SMILES string of the molecule is CCOc1cc(NS(C)(=O)=O)ccc1-c1nnc(N(C)c2ccc(F)cc2)n1C. The molecule has 0 amide bonds. The predicted octanol–water partition coefficient (Wildman–Crippen LogP) is 3.16. The van der Waals surface area contributed by atoms with Crippen LogP contribution in [0.5, 0.6) is 5.75 Å². The Morgan fingerprint density at radius 2 is 1.86 bits per heavy atom. The van der Waals surface area contributed by atoms with Gasteiger partial charge in [0.2, 0.25) is 16.0 Å². The van der Waals surface area contributed by atoms with E-state index >= 15 is 0 Å². The molecule has 29 heavy (non-hydrogen) atoms. The molecule has 0 fully saturated rings. The number of nitrogens with one attached hydrogen (secondary N) is 1. The van der Waals surface area contributed by atoms with Gasteiger partial charge in [0, 0.05) is 25.8 Å². The van der Waals surface area contributed by atoms with Crippen molar-refractivity contribution in [2.24, 2.45) is 7.05 Å². The van der Waals surface area contributed by atoms with E-state index in [2.05, 4.69) is 14.9 Å². The van der Waals surface area contributed by atoms with Crippen LogP contribution >= 0.6 is 0 Å². The predicted molar refractivity (Wildman–Crippen MR) is 111 cm³/mol. The van der Waals surface area contributed by atoms with E-state index in [1.807, 2.05) is 21.0 Å². The monoisotopic (exact) mass is 419 g/mol. The Morgan fingerprint density at radius 1 is 1.17 bits per heavy atom. The lowest BCUT2D eigenvalue weighted by Crippen LogP contribution is -2.14. The van der Waals surface area contributed by atoms with Crippen LogP contribution in [0.4, 0.5) is 21.7 Å². The molecular weight excluding hydrogens is 397 g/mol. The van der Waals surface area contributed by atoms with Gasteiger partial charge in [-0.05, 0) is 43.3 Å². The van der Waals surface area contributed by atoms with E-state index < -0.39 is 10.0 Å². The van der Waals surface area contributed by atoms with Crippen LogP contribution in [0, 0.1) is 5.82 Å². The Morgan fingerprint density at radius 3 is 2.48 bits per heavy atom. The number of hydrogen-bond acceptors (Lipinski definition) is 6. The molecular formula is C19H22FN5O3S. The van der Waals surface area contributed by atoms with Gasteiger partial charge in [-0.3, -0.25) is 9.29 Å². The molecule has 10 heteroatoms. The fourth-order valence-corrected chi connectivity index (χ4v) is 3.44. The van der Waals surface area contributed by atoms with E-state index in [9.17, 15) is 12.8 Å². The summed E-state index contributed by atoms with van der Waals surface area (Å²) in [5.74, 6) is 1.26. The lowest BCUT2D eigenvalue weighted by Gasteiger charge is -2.18. The molecule has 0 saturated heterocycles. The third-order valence-corrected chi connectivity index (χ3v) is 4.80. The topological polar surface area (TPSA) is 89.3 Å². The van der Waals surface area contributed by atoms with E-state index in [0.717, 1.165) is 11.9 Å². The molecule has 1 N–H and O–H groups in total. The van der Waals surface area contributed by atoms with Gasteiger partial charge in [0.1, 0.15) is 11.6 Å². The summed E-state index contributed by atoms with van der Waals surface area (Å²) in [4.78, 5) is 1.79. The van der Waals surface area contributed by atoms with Crippen molar-refractivity contribution >= 4 is 27.3 Å². The summed E-state index contributed by atoms with van der Waals surface area (Å²) in [7, 11) is 0.210. The van der Waals surface area contributed by atoms with E-state index in [4.69, 9.17) is 4.74 Å². The summed E-state index contributed by atoms with van der Waals surface area (Å²) in [5, 5.41) is 8.53. The molecule has 0 bridgehead atoms. The van der Waals surface area contributed by atoms with Crippen molar-refractivity contribution in [1.82, 2.24) is 14.8 Å². The zero-order valence-corrected chi connectivity index (χ0v) is 17.4. The van der Waals surface area contributed by atoms with Crippen molar-refractivity contribution in [3.05, 3.63) is 48.3 Å². The number of anilines is 3. The van der Waals surface area contributed by atoms with Crippen molar-refractivity contribution in [3.63, 3.8) is 0 Å². The average Bonchev–Trinajstić information content (AvgIpc) is 3.02. The van der Waals surface area contributed by atoms with Crippen LogP contribution in [-0.4, -0.2) is 43.1 Å². The Labute approximate surface area is 169 Å². The van der Waals surface area contributed by atoms with Crippen LogP contribution in [0.3, 0.4) is 0 Å². The maximum atomic E-state index is 13.2. The third-order valence-electron chi connectivity index (χ3n) is 4.19. The van der Waals surface area contributed by atoms with Gasteiger partial charge in [0.25, 0.3) is 0 Å². The first-order chi connectivity index (χ1) is 13.7. The molecule has 0 spiro atoms. The largest absolute Gasteiger partial charge is 0.493 e. The Balaban J connectivity index is 1.99. The summed E-state index contributed by atoms with van der Waals surface area (Å²) >= 11 is 0. The first-order valence-corrected chi connectivity index (χ1v) is 10.7. The molecule has 3 aromatic rings. The van der Waals surface area contributed by atoms with Crippen molar-refractivity contribution < 1.29 is 17.5 Å². The first-order valence-electron chi connectivity index (χ1n) is 8.83. The second-order valence-electron chi connectivity index (χ2n) is 6.44. The molecule has 154 valence electrons. The lowest BCUT2D eigenvalue weighted by atomic mass is 10.1. The van der Waals surface area contributed by atoms with Crippen LogP contribution in [0.1, 0.15) is 6.92 Å². The number of benzene rings is 2. The third kappa shape index (κ3) is 4.65. The molecule has 8 nitrogen and oxygen atoms in total. The maximum Gasteiger partial charge on any atom is 0.231 e. The number of ether oxygens (including phenoxy) is 1. The van der Waals surface area contributed by atoms with Gasteiger partial charge in [0.15, 0.2) is 5.82 Å². The van der Waals surface area contributed by atoms with Gasteiger partial charge in [-0.15, -0.1) is 10.2 Å². The number of aromatic nitrogens is 3. The summed E-state index contributed by atoms with van der Waals surface area (Å²) in [6.07, 6.45) is 1.08. The molecule has 2 aromatic carbocycles. The molecule has 0 saturated carbocycles. The van der Waals surface area contributed by atoms with Crippen molar-refractivity contribution in [2.75, 3.05) is 29.5 Å². The second kappa shape index (κ2) is 8.08. The second-order valence-corrected chi connectivity index (χ2v) is 8.18. The first kappa shape index (κ1) is 20.6. The van der Waals surface area contributed by atoms with Gasteiger partial charge in [-0.2, -0.15) is 0 Å². The highest BCUT2D eigenvalue weighted by Gasteiger charge is 2.19. The normalized spacial score (nSPS) is 11.3. The fourth-order valence-electron chi connectivity index (χ4n) is 2.89. The number of nitrogens with zero attached hydrogens (tertiary/aromatic N) is 4. The lowest BCUT2D eigenvalue weighted by molar-refractivity contribution is 0.341. The van der Waals surface area contributed by atoms with Crippen LogP contribution in [0.2, 0.25) is 0 Å². The van der Waals surface area contributed by atoms with Gasteiger partial charge in [-0.25, -0.2) is 12.8 Å². The maximum absolute atomic E-state index is 13.2. The van der Waals surface area contributed by atoms with Crippen LogP contribution in [0.15, 0.2) is 42.5 Å². The van der Waals surface area contributed by atoms with Crippen molar-refractivity contribution in [3.8, 4) is 17.1 Å². The summed E-state index contributed by atoms with van der Waals surface area (Å²) in [6.45, 7) is 2.24. The zero-order chi connectivity index (χ0) is 21.2. The van der Waals surface area contributed by atoms with Gasteiger partial charge < -0.3 is 9.64 Å². The van der Waals surface area contributed by atoms with E-state index in [1.54, 1.807) is 39.8 Å². The summed E-state index contributed by atoms with van der Waals surface area (Å²) in [6, 6.07) is 11.0. The smallest absolute Gasteiger partial charge is 0.231 e. The van der Waals surface area contributed by atoms with E-state index in [-0.39, 0.29) is 5.82 Å². The molecule has 0 aliphatic rings. The molecule has 0 aliphatic heterocycles. The number of rotatable bonds is 7. The quantitative estimate of drug-likeness (QED) is 0.633. The molecule has 0 radical (unpaired) electrons. The summed E-state index contributed by atoms with van der Waals surface area (Å²) < 4.78 is 46.1. The fraction of sp³-hybridized carbons (Fsp3) is 0.263. The highest BCUT2D eigenvalue weighted by Crippen LogP contribution is 2.34. The van der Waals surface area contributed by atoms with Crippen LogP contribution in [0.25, 0.3) is 11.4 Å². The Bertz CT molecular complexity index is 1110. The molecule has 0 unspecified atom stereocenters. The van der Waals surface area contributed by atoms with E-state index in [0.29, 0.717) is 35.4 Å². The van der Waals surface area contributed by atoms with Crippen molar-refractivity contribution in [1.29, 1.82) is 0 Å². The van der Waals surface area contributed by atoms with E-state index in [1.165, 1.54) is 12.1 Å². The molecule has 3 rings (SSSR count). The standard InChI is InChI=1S/C19H22FN5O3S/c1-5-28-17-12-14(23-29(4,26)27)8-11-16(17)18-21-22-19(25(18)3)24(2)15-9-6-13(20)7-10-15/h6-12,23H,5H2,1-4H3. The Kier molecular flexibility index (Phi) is 5.73. The van der Waals surface area contributed by atoms with Gasteiger partial charge in [0.05, 0.1) is 24.1 Å². The minimum atomic E-state index is -3.41. The minimum absolute atomic E-state index is 0.315. The molecule has 1 heterocycles. The number of sulfonamides is 1. The zero-order valence-electron chi connectivity index (χ0n) is 16.5. The number of hydrogen-bond donors (Lipinski definition) is 1. The summed E-state index contributed by atoms with van der Waals surface area (Å²) in [5.41, 5.74) is 1.82. The highest BCUT2D eigenvalue weighted by molar-refractivity contribution is 7.92. The highest BCUT2D eigenvalue weighted by atomic mass is 32.2. The van der Waals surface area contributed by atoms with Crippen molar-refractivity contribution in [2.45, 2.75) is 6.92 Å². The van der Waals surface area contributed by atoms with Gasteiger partial charge >= 0.3 is 0 Å². The molecule has 1 aromatic heterocycles. The minimum Gasteiger partial charge on any atom is -0.493 e. The van der Waals surface area contributed by atoms with Crippen LogP contribution < -0.4 is 14.4 Å². The Hall–Kier alpha value is -3.14. The van der Waals surface area contributed by atoms with Crippen LogP contribution in [-0.2, 0) is 17.1 Å². The van der Waals surface area contributed by atoms with Gasteiger partial charge in [-0.1, -0.05) is 0 Å². The molecule has 0 aliphatic carbocycles. The molecule has 0 atom stereocenters. The number of halogens is 1.